The molecule has 3 N–H and O–H groups in total. The number of anilines is 2. The van der Waals surface area contributed by atoms with E-state index >= 15 is 0 Å². The smallest absolute Gasteiger partial charge is 0.150 e. The molecule has 1 aromatic rings. The quantitative estimate of drug-likeness (QED) is 0.797. The fourth-order valence-corrected chi connectivity index (χ4v) is 1.93. The van der Waals surface area contributed by atoms with Gasteiger partial charge in [0.2, 0.25) is 0 Å². The first-order valence-corrected chi connectivity index (χ1v) is 5.87. The summed E-state index contributed by atoms with van der Waals surface area (Å²) in [4.78, 5) is 4.16. The summed E-state index contributed by atoms with van der Waals surface area (Å²) >= 11 is 5.81. The average molecular weight is 242 g/mol. The third-order valence-electron chi connectivity index (χ3n) is 2.79. The van der Waals surface area contributed by atoms with E-state index in [2.05, 4.69) is 10.3 Å². The summed E-state index contributed by atoms with van der Waals surface area (Å²) in [5.41, 5.74) is 6.43. The fourth-order valence-electron chi connectivity index (χ4n) is 1.78. The maximum absolute atomic E-state index is 5.81. The molecule has 0 spiro atoms. The fraction of sp³-hybridized carbons (Fsp3) is 0.545. The van der Waals surface area contributed by atoms with Crippen LogP contribution in [0.1, 0.15) is 12.8 Å². The maximum atomic E-state index is 5.81. The lowest BCUT2D eigenvalue weighted by Gasteiger charge is -2.22. The van der Waals surface area contributed by atoms with Gasteiger partial charge < -0.3 is 15.8 Å². The molecule has 0 amide bonds. The zero-order valence-corrected chi connectivity index (χ0v) is 9.83. The Balaban J connectivity index is 1.90. The second-order valence-electron chi connectivity index (χ2n) is 4.01. The third kappa shape index (κ3) is 3.00. The summed E-state index contributed by atoms with van der Waals surface area (Å²) in [6.45, 7) is 2.58. The summed E-state index contributed by atoms with van der Waals surface area (Å²) in [6.07, 6.45) is 2.18. The first-order chi connectivity index (χ1) is 7.75. The van der Waals surface area contributed by atoms with Crippen LogP contribution in [0.15, 0.2) is 12.1 Å². The van der Waals surface area contributed by atoms with Gasteiger partial charge in [-0.2, -0.15) is 0 Å². The second-order valence-corrected chi connectivity index (χ2v) is 4.40. The highest BCUT2D eigenvalue weighted by Crippen LogP contribution is 2.20. The van der Waals surface area contributed by atoms with Crippen molar-refractivity contribution in [2.24, 2.45) is 5.92 Å². The number of rotatable bonds is 3. The van der Waals surface area contributed by atoms with Crippen molar-refractivity contribution in [2.75, 3.05) is 30.8 Å². The molecule has 0 aliphatic carbocycles. The first-order valence-electron chi connectivity index (χ1n) is 5.49. The van der Waals surface area contributed by atoms with E-state index in [1.54, 1.807) is 12.1 Å². The third-order valence-corrected chi connectivity index (χ3v) is 3.00. The van der Waals surface area contributed by atoms with Gasteiger partial charge in [-0.3, -0.25) is 0 Å². The summed E-state index contributed by atoms with van der Waals surface area (Å²) in [7, 11) is 0. The molecule has 0 atom stereocenters. The number of nitrogens with two attached hydrogens (primary N) is 1. The van der Waals surface area contributed by atoms with Crippen LogP contribution in [-0.2, 0) is 4.74 Å². The number of halogens is 1. The summed E-state index contributed by atoms with van der Waals surface area (Å²) in [5, 5.41) is 3.71. The lowest BCUT2D eigenvalue weighted by molar-refractivity contribution is 0.0699. The van der Waals surface area contributed by atoms with E-state index in [9.17, 15) is 0 Å². The van der Waals surface area contributed by atoms with Crippen molar-refractivity contribution >= 4 is 23.1 Å². The molecule has 1 aliphatic rings. The molecule has 0 aromatic carbocycles. The molecule has 1 aliphatic heterocycles. The summed E-state index contributed by atoms with van der Waals surface area (Å²) < 4.78 is 5.31. The number of hydrogen-bond acceptors (Lipinski definition) is 4. The Labute approximate surface area is 100 Å². The molecule has 4 nitrogen and oxygen atoms in total. The van der Waals surface area contributed by atoms with E-state index in [4.69, 9.17) is 22.1 Å². The Morgan fingerprint density at radius 1 is 1.44 bits per heavy atom. The lowest BCUT2D eigenvalue weighted by atomic mass is 10.0. The monoisotopic (exact) mass is 241 g/mol. The predicted molar refractivity (Wildman–Crippen MR) is 65.7 cm³/mol. The Kier molecular flexibility index (Phi) is 3.85. The average Bonchev–Trinajstić information content (AvgIpc) is 2.32. The zero-order valence-electron chi connectivity index (χ0n) is 9.08. The second kappa shape index (κ2) is 5.37. The molecular weight excluding hydrogens is 226 g/mol. The minimum Gasteiger partial charge on any atom is -0.396 e. The van der Waals surface area contributed by atoms with Crippen molar-refractivity contribution in [1.29, 1.82) is 0 Å². The van der Waals surface area contributed by atoms with E-state index in [0.717, 1.165) is 32.6 Å². The normalized spacial score (nSPS) is 17.3. The van der Waals surface area contributed by atoms with Crippen LogP contribution in [0.25, 0.3) is 0 Å². The van der Waals surface area contributed by atoms with Gasteiger partial charge in [-0.25, -0.2) is 4.98 Å². The van der Waals surface area contributed by atoms with Crippen LogP contribution >= 0.6 is 11.6 Å². The van der Waals surface area contributed by atoms with Gasteiger partial charge in [0.1, 0.15) is 5.15 Å². The number of nitrogen functional groups attached to an aromatic ring is 1. The molecule has 1 fully saturated rings. The van der Waals surface area contributed by atoms with Gasteiger partial charge in [0.05, 0.1) is 5.69 Å². The Hall–Kier alpha value is -1.00. The van der Waals surface area contributed by atoms with Crippen molar-refractivity contribution in [3.63, 3.8) is 0 Å². The predicted octanol–water partition coefficient (Wildman–Crippen LogP) is 2.16. The van der Waals surface area contributed by atoms with Gasteiger partial charge in [0.15, 0.2) is 5.82 Å². The van der Waals surface area contributed by atoms with Crippen molar-refractivity contribution in [3.8, 4) is 0 Å². The highest BCUT2D eigenvalue weighted by molar-refractivity contribution is 6.29. The standard InChI is InChI=1S/C11H16ClN3O/c12-10-2-1-9(13)11(15-10)14-7-8-3-5-16-6-4-8/h1-2,8H,3-7,13H2,(H,14,15). The number of pyridine rings is 1. The summed E-state index contributed by atoms with van der Waals surface area (Å²) in [5.74, 6) is 1.31. The molecule has 16 heavy (non-hydrogen) atoms. The molecule has 0 bridgehead atoms. The van der Waals surface area contributed by atoms with E-state index in [0.29, 0.717) is 22.6 Å². The van der Waals surface area contributed by atoms with Crippen LogP contribution < -0.4 is 11.1 Å². The van der Waals surface area contributed by atoms with E-state index in [1.165, 1.54) is 0 Å². The largest absolute Gasteiger partial charge is 0.396 e. The molecule has 5 heteroatoms. The van der Waals surface area contributed by atoms with Crippen LogP contribution in [0.5, 0.6) is 0 Å². The van der Waals surface area contributed by atoms with E-state index < -0.39 is 0 Å². The SMILES string of the molecule is Nc1ccc(Cl)nc1NCC1CCOCC1. The molecule has 0 saturated carbocycles. The number of nitrogens with one attached hydrogen (secondary N) is 1. The summed E-state index contributed by atoms with van der Waals surface area (Å²) in [6, 6.07) is 3.46. The van der Waals surface area contributed by atoms with Gasteiger partial charge in [-0.15, -0.1) is 0 Å². The molecule has 1 aromatic heterocycles. The molecule has 2 heterocycles. The van der Waals surface area contributed by atoms with Gasteiger partial charge in [-0.05, 0) is 30.9 Å². The first kappa shape index (κ1) is 11.5. The van der Waals surface area contributed by atoms with Crippen LogP contribution in [0.3, 0.4) is 0 Å². The van der Waals surface area contributed by atoms with Gasteiger partial charge >= 0.3 is 0 Å². The van der Waals surface area contributed by atoms with Gasteiger partial charge in [0.25, 0.3) is 0 Å². The van der Waals surface area contributed by atoms with Crippen molar-refractivity contribution < 1.29 is 4.74 Å². The molecule has 0 radical (unpaired) electrons. The minimum absolute atomic E-state index is 0.462. The van der Waals surface area contributed by atoms with Crippen molar-refractivity contribution in [1.82, 2.24) is 4.98 Å². The van der Waals surface area contributed by atoms with E-state index in [1.807, 2.05) is 0 Å². The molecule has 1 saturated heterocycles. The van der Waals surface area contributed by atoms with Crippen molar-refractivity contribution in [3.05, 3.63) is 17.3 Å². The topological polar surface area (TPSA) is 60.2 Å². The van der Waals surface area contributed by atoms with Crippen LogP contribution in [-0.4, -0.2) is 24.7 Å². The van der Waals surface area contributed by atoms with Crippen molar-refractivity contribution in [2.45, 2.75) is 12.8 Å². The molecule has 2 rings (SSSR count). The minimum atomic E-state index is 0.462. The van der Waals surface area contributed by atoms with Gasteiger partial charge in [-0.1, -0.05) is 11.6 Å². The number of ether oxygens (including phenoxy) is 1. The Morgan fingerprint density at radius 3 is 2.94 bits per heavy atom. The Morgan fingerprint density at radius 2 is 2.19 bits per heavy atom. The van der Waals surface area contributed by atoms with Crippen LogP contribution in [0.2, 0.25) is 5.15 Å². The molecular formula is C11H16ClN3O. The van der Waals surface area contributed by atoms with Gasteiger partial charge in [0, 0.05) is 19.8 Å². The zero-order chi connectivity index (χ0) is 11.4. The Bertz CT molecular complexity index is 353. The highest BCUT2D eigenvalue weighted by Gasteiger charge is 2.14. The number of aromatic nitrogens is 1. The van der Waals surface area contributed by atoms with E-state index in [-0.39, 0.29) is 0 Å². The molecule has 0 unspecified atom stereocenters. The maximum Gasteiger partial charge on any atom is 0.150 e. The van der Waals surface area contributed by atoms with Crippen LogP contribution in [0, 0.1) is 5.92 Å². The number of hydrogen-bond donors (Lipinski definition) is 2. The van der Waals surface area contributed by atoms with Crippen LogP contribution in [0.4, 0.5) is 11.5 Å². The number of nitrogens with zero attached hydrogens (tertiary/aromatic N) is 1. The molecule has 88 valence electrons. The highest BCUT2D eigenvalue weighted by atomic mass is 35.5. The lowest BCUT2D eigenvalue weighted by Crippen LogP contribution is -2.23.